The molecule has 0 atom stereocenters. The third kappa shape index (κ3) is 5.99. The van der Waals surface area contributed by atoms with Gasteiger partial charge >= 0.3 is 12.0 Å². The Balaban J connectivity index is 1.43. The normalized spacial score (nSPS) is 12.2. The number of fused-ring (bicyclic) bond motifs is 1. The van der Waals surface area contributed by atoms with Gasteiger partial charge in [0, 0.05) is 17.8 Å². The summed E-state index contributed by atoms with van der Waals surface area (Å²) in [5, 5.41) is 4.57. The summed E-state index contributed by atoms with van der Waals surface area (Å²) in [4.78, 5) is 35.5. The zero-order valence-electron chi connectivity index (χ0n) is 16.2. The molecule has 0 radical (unpaired) electrons. The second kappa shape index (κ2) is 9.97. The van der Waals surface area contributed by atoms with Crippen molar-refractivity contribution < 1.29 is 33.3 Å². The minimum Gasteiger partial charge on any atom is -0.497 e. The summed E-state index contributed by atoms with van der Waals surface area (Å²) in [6.07, 6.45) is 2.70. The predicted molar refractivity (Wildman–Crippen MR) is 108 cm³/mol. The predicted octanol–water partition coefficient (Wildman–Crippen LogP) is 2.37. The molecule has 9 nitrogen and oxygen atoms in total. The van der Waals surface area contributed by atoms with Gasteiger partial charge in [-0.25, -0.2) is 9.59 Å². The van der Waals surface area contributed by atoms with Crippen molar-refractivity contribution >= 4 is 29.7 Å². The molecule has 3 rings (SSSR count). The first kappa shape index (κ1) is 20.7. The smallest absolute Gasteiger partial charge is 0.331 e. The number of carbonyl (C=O) groups is 3. The number of urea groups is 1. The van der Waals surface area contributed by atoms with Gasteiger partial charge < -0.3 is 24.3 Å². The quantitative estimate of drug-likeness (QED) is 0.553. The molecule has 156 valence electrons. The van der Waals surface area contributed by atoms with E-state index in [-0.39, 0.29) is 0 Å². The number of methoxy groups -OCH3 is 1. The van der Waals surface area contributed by atoms with Crippen molar-refractivity contribution in [2.24, 2.45) is 0 Å². The van der Waals surface area contributed by atoms with Gasteiger partial charge in [-0.3, -0.25) is 10.1 Å². The van der Waals surface area contributed by atoms with Crippen LogP contribution >= 0.6 is 0 Å². The summed E-state index contributed by atoms with van der Waals surface area (Å²) < 4.78 is 20.7. The van der Waals surface area contributed by atoms with E-state index in [9.17, 15) is 14.4 Å². The SMILES string of the molecule is COc1cccc(/C=C/C(=O)OCC(=O)NC(=O)Nc2ccc3c(c2)OCCO3)c1. The minimum atomic E-state index is -0.770. The Hall–Kier alpha value is -4.01. The van der Waals surface area contributed by atoms with Crippen LogP contribution < -0.4 is 24.8 Å². The number of hydrogen-bond acceptors (Lipinski definition) is 7. The molecular formula is C21H20N2O7. The molecule has 0 saturated heterocycles. The van der Waals surface area contributed by atoms with Gasteiger partial charge in [-0.1, -0.05) is 12.1 Å². The number of amides is 3. The average Bonchev–Trinajstić information content (AvgIpc) is 2.76. The maximum absolute atomic E-state index is 11.9. The molecule has 2 N–H and O–H groups in total. The van der Waals surface area contributed by atoms with Gasteiger partial charge in [-0.05, 0) is 35.9 Å². The van der Waals surface area contributed by atoms with Gasteiger partial charge in [0.2, 0.25) is 0 Å². The maximum Gasteiger partial charge on any atom is 0.331 e. The van der Waals surface area contributed by atoms with Crippen molar-refractivity contribution in [3.63, 3.8) is 0 Å². The maximum atomic E-state index is 11.9. The van der Waals surface area contributed by atoms with Gasteiger partial charge in [0.15, 0.2) is 18.1 Å². The van der Waals surface area contributed by atoms with E-state index in [1.165, 1.54) is 12.2 Å². The number of hydrogen-bond donors (Lipinski definition) is 2. The second-order valence-electron chi connectivity index (χ2n) is 6.08. The van der Waals surface area contributed by atoms with Crippen LogP contribution in [0.15, 0.2) is 48.5 Å². The summed E-state index contributed by atoms with van der Waals surface area (Å²) in [5.74, 6) is 0.238. The molecule has 1 aliphatic heterocycles. The van der Waals surface area contributed by atoms with Gasteiger partial charge in [0.25, 0.3) is 5.91 Å². The third-order valence-electron chi connectivity index (χ3n) is 3.90. The summed E-state index contributed by atoms with van der Waals surface area (Å²) in [6.45, 7) is 0.275. The van der Waals surface area contributed by atoms with Gasteiger partial charge in [-0.2, -0.15) is 0 Å². The average molecular weight is 412 g/mol. The van der Waals surface area contributed by atoms with Crippen LogP contribution in [0.3, 0.4) is 0 Å². The number of benzene rings is 2. The first-order valence-electron chi connectivity index (χ1n) is 9.03. The van der Waals surface area contributed by atoms with E-state index in [0.717, 1.165) is 5.56 Å². The molecule has 0 spiro atoms. The van der Waals surface area contributed by atoms with Gasteiger partial charge in [0.1, 0.15) is 19.0 Å². The Bertz CT molecular complexity index is 972. The fourth-order valence-electron chi connectivity index (χ4n) is 2.54. The van der Waals surface area contributed by atoms with Gasteiger partial charge in [-0.15, -0.1) is 0 Å². The standard InChI is InChI=1S/C21H20N2O7/c1-27-16-4-2-3-14(11-16)5-8-20(25)30-13-19(24)23-21(26)22-15-6-7-17-18(12-15)29-10-9-28-17/h2-8,11-12H,9-10,13H2,1H3,(H2,22,23,24,26)/b8-5+. The van der Waals surface area contributed by atoms with Crippen molar-refractivity contribution in [1.29, 1.82) is 0 Å². The molecule has 0 bridgehead atoms. The third-order valence-corrected chi connectivity index (χ3v) is 3.90. The van der Waals surface area contributed by atoms with Crippen LogP contribution in [0.5, 0.6) is 17.2 Å². The highest BCUT2D eigenvalue weighted by molar-refractivity contribution is 6.02. The van der Waals surface area contributed by atoms with Gasteiger partial charge in [0.05, 0.1) is 7.11 Å². The van der Waals surface area contributed by atoms with E-state index in [1.54, 1.807) is 49.6 Å². The number of rotatable bonds is 6. The Morgan fingerprint density at radius 2 is 1.87 bits per heavy atom. The van der Waals surface area contributed by atoms with Crippen LogP contribution in [0.1, 0.15) is 5.56 Å². The number of esters is 1. The van der Waals surface area contributed by atoms with Crippen LogP contribution in [-0.2, 0) is 14.3 Å². The van der Waals surface area contributed by atoms with Crippen molar-refractivity contribution in [2.45, 2.75) is 0 Å². The number of carbonyl (C=O) groups excluding carboxylic acids is 3. The fourth-order valence-corrected chi connectivity index (χ4v) is 2.54. The first-order chi connectivity index (χ1) is 14.5. The second-order valence-corrected chi connectivity index (χ2v) is 6.08. The molecule has 0 aromatic heterocycles. The van der Waals surface area contributed by atoms with Crippen LogP contribution in [0.25, 0.3) is 6.08 Å². The molecule has 1 heterocycles. The Morgan fingerprint density at radius 1 is 1.07 bits per heavy atom. The monoisotopic (exact) mass is 412 g/mol. The largest absolute Gasteiger partial charge is 0.497 e. The Labute approximate surface area is 172 Å². The van der Waals surface area contributed by atoms with Crippen LogP contribution in [0.4, 0.5) is 10.5 Å². The first-order valence-corrected chi connectivity index (χ1v) is 9.03. The lowest BCUT2D eigenvalue weighted by atomic mass is 10.2. The highest BCUT2D eigenvalue weighted by Gasteiger charge is 2.14. The van der Waals surface area contributed by atoms with Crippen molar-refractivity contribution in [3.05, 3.63) is 54.1 Å². The van der Waals surface area contributed by atoms with E-state index in [1.807, 2.05) is 0 Å². The molecular weight excluding hydrogens is 392 g/mol. The molecule has 30 heavy (non-hydrogen) atoms. The van der Waals surface area contributed by atoms with E-state index >= 15 is 0 Å². The molecule has 2 aromatic rings. The topological polar surface area (TPSA) is 112 Å². The van der Waals surface area contributed by atoms with Crippen LogP contribution in [0.2, 0.25) is 0 Å². The zero-order chi connectivity index (χ0) is 21.3. The molecule has 0 saturated carbocycles. The number of ether oxygens (including phenoxy) is 4. The molecule has 3 amide bonds. The summed E-state index contributed by atoms with van der Waals surface area (Å²) in [6, 6.07) is 11.2. The molecule has 2 aromatic carbocycles. The van der Waals surface area contributed by atoms with E-state index in [0.29, 0.717) is 36.1 Å². The highest BCUT2D eigenvalue weighted by Crippen LogP contribution is 2.32. The van der Waals surface area contributed by atoms with E-state index in [2.05, 4.69) is 10.6 Å². The summed E-state index contributed by atoms with van der Waals surface area (Å²) in [7, 11) is 1.54. The lowest BCUT2D eigenvalue weighted by Crippen LogP contribution is -2.37. The molecule has 9 heteroatoms. The lowest BCUT2D eigenvalue weighted by Gasteiger charge is -2.19. The van der Waals surface area contributed by atoms with Crippen molar-refractivity contribution in [1.82, 2.24) is 5.32 Å². The molecule has 0 fully saturated rings. The van der Waals surface area contributed by atoms with Crippen molar-refractivity contribution in [2.75, 3.05) is 32.2 Å². The minimum absolute atomic E-state index is 0.415. The Morgan fingerprint density at radius 3 is 2.67 bits per heavy atom. The van der Waals surface area contributed by atoms with Crippen LogP contribution in [0, 0.1) is 0 Å². The highest BCUT2D eigenvalue weighted by atomic mass is 16.6. The number of nitrogens with one attached hydrogen (secondary N) is 2. The van der Waals surface area contributed by atoms with E-state index in [4.69, 9.17) is 18.9 Å². The summed E-state index contributed by atoms with van der Waals surface area (Å²) in [5.41, 5.74) is 1.15. The zero-order valence-corrected chi connectivity index (χ0v) is 16.2. The molecule has 1 aliphatic rings. The van der Waals surface area contributed by atoms with Crippen molar-refractivity contribution in [3.8, 4) is 17.2 Å². The Kier molecular flexibility index (Phi) is 6.88. The summed E-state index contributed by atoms with van der Waals surface area (Å²) >= 11 is 0. The lowest BCUT2D eigenvalue weighted by molar-refractivity contribution is -0.143. The van der Waals surface area contributed by atoms with E-state index < -0.39 is 24.5 Å². The number of anilines is 1. The van der Waals surface area contributed by atoms with Crippen LogP contribution in [-0.4, -0.2) is 44.8 Å². The molecule has 0 unspecified atom stereocenters. The molecule has 0 aliphatic carbocycles. The fraction of sp³-hybridized carbons (Fsp3) is 0.190. The number of imide groups is 1.